The first-order valence-electron chi connectivity index (χ1n) is 5.14. The number of ether oxygens (including phenoxy) is 2. The molecule has 1 aromatic rings. The first-order valence-corrected chi connectivity index (χ1v) is 5.14. The van der Waals surface area contributed by atoms with Crippen LogP contribution in [0.15, 0.2) is 4.42 Å². The molecule has 16 heavy (non-hydrogen) atoms. The van der Waals surface area contributed by atoms with Gasteiger partial charge >= 0.3 is 6.01 Å². The highest BCUT2D eigenvalue weighted by Gasteiger charge is 2.03. The lowest BCUT2D eigenvalue weighted by atomic mass is 10.6. The number of methoxy groups -OCH3 is 1. The van der Waals surface area contributed by atoms with E-state index in [4.69, 9.17) is 13.9 Å². The predicted octanol–water partition coefficient (Wildman–Crippen LogP) is -0.136. The third kappa shape index (κ3) is 5.06. The number of anilines is 1. The summed E-state index contributed by atoms with van der Waals surface area (Å²) in [6.07, 6.45) is 0. The number of rotatable bonds is 9. The minimum Gasteiger partial charge on any atom is -0.407 e. The molecule has 0 radical (unpaired) electrons. The summed E-state index contributed by atoms with van der Waals surface area (Å²) < 4.78 is 15.4. The molecule has 0 saturated heterocycles. The molecule has 0 fully saturated rings. The standard InChI is InChI=1S/C9H18N4O3/c1-10-7-8-12-13-9(16-8)11-3-4-15-6-5-14-2/h10H,3-7H2,1-2H3,(H,11,13). The molecule has 0 atom stereocenters. The fourth-order valence-electron chi connectivity index (χ4n) is 1.02. The summed E-state index contributed by atoms with van der Waals surface area (Å²) in [6, 6.07) is 0.417. The van der Waals surface area contributed by atoms with Crippen LogP contribution < -0.4 is 10.6 Å². The van der Waals surface area contributed by atoms with Gasteiger partial charge in [-0.25, -0.2) is 0 Å². The molecule has 0 unspecified atom stereocenters. The van der Waals surface area contributed by atoms with E-state index in [1.54, 1.807) is 7.11 Å². The van der Waals surface area contributed by atoms with E-state index in [1.807, 2.05) is 7.05 Å². The zero-order chi connectivity index (χ0) is 11.6. The molecule has 0 aliphatic heterocycles. The Labute approximate surface area is 94.5 Å². The number of nitrogens with zero attached hydrogens (tertiary/aromatic N) is 2. The number of hydrogen-bond donors (Lipinski definition) is 2. The van der Waals surface area contributed by atoms with Gasteiger partial charge in [0.05, 0.1) is 26.4 Å². The van der Waals surface area contributed by atoms with Gasteiger partial charge in [0.2, 0.25) is 5.89 Å². The lowest BCUT2D eigenvalue weighted by Gasteiger charge is -2.03. The van der Waals surface area contributed by atoms with Crippen molar-refractivity contribution in [2.75, 3.05) is 45.8 Å². The third-order valence-electron chi connectivity index (χ3n) is 1.75. The summed E-state index contributed by atoms with van der Waals surface area (Å²) in [4.78, 5) is 0. The highest BCUT2D eigenvalue weighted by atomic mass is 16.5. The Kier molecular flexibility index (Phi) is 6.47. The van der Waals surface area contributed by atoms with E-state index in [2.05, 4.69) is 20.8 Å². The largest absolute Gasteiger partial charge is 0.407 e. The number of nitrogens with one attached hydrogen (secondary N) is 2. The van der Waals surface area contributed by atoms with E-state index in [-0.39, 0.29) is 0 Å². The van der Waals surface area contributed by atoms with Crippen LogP contribution in [-0.4, -0.2) is 50.7 Å². The Morgan fingerprint density at radius 3 is 2.88 bits per heavy atom. The molecular weight excluding hydrogens is 212 g/mol. The van der Waals surface area contributed by atoms with E-state index < -0.39 is 0 Å². The molecule has 7 nitrogen and oxygen atoms in total. The van der Waals surface area contributed by atoms with Crippen LogP contribution >= 0.6 is 0 Å². The van der Waals surface area contributed by atoms with Crippen LogP contribution in [0.1, 0.15) is 5.89 Å². The molecule has 0 aliphatic carbocycles. The van der Waals surface area contributed by atoms with Crippen LogP contribution in [0, 0.1) is 0 Å². The summed E-state index contributed by atoms with van der Waals surface area (Å²) >= 11 is 0. The quantitative estimate of drug-likeness (QED) is 0.571. The van der Waals surface area contributed by atoms with Crippen LogP contribution in [0.2, 0.25) is 0 Å². The molecule has 0 aliphatic rings. The second kappa shape index (κ2) is 8.03. The van der Waals surface area contributed by atoms with Gasteiger partial charge in [0, 0.05) is 13.7 Å². The lowest BCUT2D eigenvalue weighted by molar-refractivity contribution is 0.0757. The second-order valence-corrected chi connectivity index (χ2v) is 3.06. The number of aromatic nitrogens is 2. The Morgan fingerprint density at radius 1 is 1.25 bits per heavy atom. The molecule has 1 rings (SSSR count). The van der Waals surface area contributed by atoms with Gasteiger partial charge in [-0.2, -0.15) is 0 Å². The van der Waals surface area contributed by atoms with Gasteiger partial charge in [0.15, 0.2) is 0 Å². The minimum absolute atomic E-state index is 0.417. The summed E-state index contributed by atoms with van der Waals surface area (Å²) in [5.74, 6) is 0.560. The highest BCUT2D eigenvalue weighted by Crippen LogP contribution is 2.03. The second-order valence-electron chi connectivity index (χ2n) is 3.06. The Bertz CT molecular complexity index is 279. The Hall–Kier alpha value is -1.18. The van der Waals surface area contributed by atoms with E-state index in [1.165, 1.54) is 0 Å². The van der Waals surface area contributed by atoms with Crippen LogP contribution in [0.25, 0.3) is 0 Å². The van der Waals surface area contributed by atoms with Gasteiger partial charge in [-0.3, -0.25) is 0 Å². The normalized spacial score (nSPS) is 10.6. The smallest absolute Gasteiger partial charge is 0.315 e. The maximum atomic E-state index is 5.28. The highest BCUT2D eigenvalue weighted by molar-refractivity contribution is 5.16. The van der Waals surface area contributed by atoms with Crippen LogP contribution in [0.4, 0.5) is 6.01 Å². The van der Waals surface area contributed by atoms with Crippen molar-refractivity contribution in [2.45, 2.75) is 6.54 Å². The summed E-state index contributed by atoms with van der Waals surface area (Å²) in [6.45, 7) is 2.97. The molecule has 0 bridgehead atoms. The zero-order valence-corrected chi connectivity index (χ0v) is 9.65. The van der Waals surface area contributed by atoms with E-state index >= 15 is 0 Å². The molecule has 7 heteroatoms. The molecule has 92 valence electrons. The average molecular weight is 230 g/mol. The predicted molar refractivity (Wildman–Crippen MR) is 58.2 cm³/mol. The van der Waals surface area contributed by atoms with E-state index in [0.717, 1.165) is 0 Å². The molecule has 2 N–H and O–H groups in total. The van der Waals surface area contributed by atoms with Crippen molar-refractivity contribution in [3.05, 3.63) is 5.89 Å². The van der Waals surface area contributed by atoms with Gasteiger partial charge in [-0.1, -0.05) is 5.10 Å². The van der Waals surface area contributed by atoms with Crippen molar-refractivity contribution in [1.29, 1.82) is 0 Å². The van der Waals surface area contributed by atoms with Gasteiger partial charge in [0.25, 0.3) is 0 Å². The first kappa shape index (κ1) is 12.9. The van der Waals surface area contributed by atoms with Crippen LogP contribution in [-0.2, 0) is 16.0 Å². The van der Waals surface area contributed by atoms with Crippen molar-refractivity contribution < 1.29 is 13.9 Å². The third-order valence-corrected chi connectivity index (χ3v) is 1.75. The van der Waals surface area contributed by atoms with Crippen molar-refractivity contribution in [3.63, 3.8) is 0 Å². The monoisotopic (exact) mass is 230 g/mol. The minimum atomic E-state index is 0.417. The topological polar surface area (TPSA) is 81.4 Å². The fourth-order valence-corrected chi connectivity index (χ4v) is 1.02. The van der Waals surface area contributed by atoms with E-state index in [9.17, 15) is 0 Å². The Balaban J connectivity index is 2.07. The van der Waals surface area contributed by atoms with Gasteiger partial charge in [0.1, 0.15) is 0 Å². The fraction of sp³-hybridized carbons (Fsp3) is 0.778. The SMILES string of the molecule is CNCc1nnc(NCCOCCOC)o1. The van der Waals surface area contributed by atoms with Crippen LogP contribution in [0.5, 0.6) is 0 Å². The van der Waals surface area contributed by atoms with Crippen molar-refractivity contribution in [2.24, 2.45) is 0 Å². The molecular formula is C9H18N4O3. The zero-order valence-electron chi connectivity index (χ0n) is 9.65. The maximum absolute atomic E-state index is 5.28. The molecule has 0 aromatic carbocycles. The molecule has 0 saturated carbocycles. The van der Waals surface area contributed by atoms with Crippen molar-refractivity contribution >= 4 is 6.01 Å². The molecule has 0 amide bonds. The number of hydrogen-bond acceptors (Lipinski definition) is 7. The van der Waals surface area contributed by atoms with Gasteiger partial charge in [-0.15, -0.1) is 5.10 Å². The lowest BCUT2D eigenvalue weighted by Crippen LogP contribution is -2.12. The van der Waals surface area contributed by atoms with Crippen molar-refractivity contribution in [1.82, 2.24) is 15.5 Å². The molecule has 1 aromatic heterocycles. The van der Waals surface area contributed by atoms with Gasteiger partial charge in [-0.05, 0) is 7.05 Å². The Morgan fingerprint density at radius 2 is 2.12 bits per heavy atom. The maximum Gasteiger partial charge on any atom is 0.315 e. The van der Waals surface area contributed by atoms with Crippen LogP contribution in [0.3, 0.4) is 0 Å². The first-order chi connectivity index (χ1) is 7.86. The van der Waals surface area contributed by atoms with Crippen molar-refractivity contribution in [3.8, 4) is 0 Å². The molecule has 0 spiro atoms. The molecule has 1 heterocycles. The summed E-state index contributed by atoms with van der Waals surface area (Å²) in [5.41, 5.74) is 0. The summed E-state index contributed by atoms with van der Waals surface area (Å²) in [5, 5.41) is 13.5. The van der Waals surface area contributed by atoms with E-state index in [0.29, 0.717) is 44.8 Å². The van der Waals surface area contributed by atoms with Gasteiger partial charge < -0.3 is 24.5 Å². The summed E-state index contributed by atoms with van der Waals surface area (Å²) in [7, 11) is 3.46. The average Bonchev–Trinajstić information content (AvgIpc) is 2.72.